The Morgan fingerprint density at radius 1 is 0.950 bits per heavy atom. The Morgan fingerprint density at radius 2 is 1.65 bits per heavy atom. The smallest absolute Gasteiger partial charge is 0.191 e. The van der Waals surface area contributed by atoms with Gasteiger partial charge in [-0.15, -0.1) is 0 Å². The van der Waals surface area contributed by atoms with Crippen LogP contribution in [0, 0.1) is 0 Å². The van der Waals surface area contributed by atoms with Crippen molar-refractivity contribution < 1.29 is 5.11 Å². The molecule has 3 aromatic carbocycles. The first-order valence-corrected chi connectivity index (χ1v) is 13.9. The molecular formula is C28H21ClN8OS2. The SMILES string of the molecule is NC(=S)N/N=C1\CSC(n2nc(-c3cn(-c4ccccc4)nc3-c3ccc(Cl)cc3)c(O)c2-c2ccccc2)=N1. The first kappa shape index (κ1) is 25.8. The topological polar surface area (TPSA) is 119 Å². The maximum atomic E-state index is 11.7. The van der Waals surface area contributed by atoms with Crippen LogP contribution in [0.5, 0.6) is 5.75 Å². The molecule has 2 aromatic heterocycles. The maximum Gasteiger partial charge on any atom is 0.191 e. The molecule has 0 spiro atoms. The Kier molecular flexibility index (Phi) is 7.08. The van der Waals surface area contributed by atoms with Crippen molar-refractivity contribution in [2.45, 2.75) is 0 Å². The molecule has 1 aliphatic rings. The molecule has 0 atom stereocenters. The largest absolute Gasteiger partial charge is 0.504 e. The minimum absolute atomic E-state index is 0.00368. The van der Waals surface area contributed by atoms with Gasteiger partial charge in [0.1, 0.15) is 17.1 Å². The molecule has 6 rings (SSSR count). The van der Waals surface area contributed by atoms with Crippen LogP contribution in [0.3, 0.4) is 0 Å². The lowest BCUT2D eigenvalue weighted by Gasteiger charge is -2.06. The second-order valence-electron chi connectivity index (χ2n) is 8.69. The number of hydrazone groups is 1. The molecule has 12 heteroatoms. The van der Waals surface area contributed by atoms with E-state index in [0.717, 1.165) is 16.8 Å². The average Bonchev–Trinajstić information content (AvgIpc) is 3.70. The fraction of sp³-hybridized carbons (Fsp3) is 0.0357. The highest BCUT2D eigenvalue weighted by molar-refractivity contribution is 8.14. The summed E-state index contributed by atoms with van der Waals surface area (Å²) in [6.07, 6.45) is 1.86. The first-order chi connectivity index (χ1) is 19.5. The maximum absolute atomic E-state index is 11.7. The number of thioether (sulfide) groups is 1. The van der Waals surface area contributed by atoms with Gasteiger partial charge in [0.15, 0.2) is 21.9 Å². The lowest BCUT2D eigenvalue weighted by atomic mass is 10.0. The van der Waals surface area contributed by atoms with E-state index in [-0.39, 0.29) is 10.9 Å². The van der Waals surface area contributed by atoms with Crippen LogP contribution >= 0.6 is 35.6 Å². The normalized spacial score (nSPS) is 13.9. The molecule has 3 heterocycles. The molecule has 9 nitrogen and oxygen atoms in total. The molecule has 0 fully saturated rings. The molecule has 5 aromatic rings. The van der Waals surface area contributed by atoms with Gasteiger partial charge in [0, 0.05) is 22.3 Å². The number of rotatable bonds is 5. The summed E-state index contributed by atoms with van der Waals surface area (Å²) >= 11 is 12.5. The molecule has 0 saturated heterocycles. The molecule has 0 bridgehead atoms. The minimum Gasteiger partial charge on any atom is -0.504 e. The number of aromatic hydroxyl groups is 1. The summed E-state index contributed by atoms with van der Waals surface area (Å²) < 4.78 is 3.41. The van der Waals surface area contributed by atoms with E-state index in [0.29, 0.717) is 44.4 Å². The van der Waals surface area contributed by atoms with Gasteiger partial charge in [-0.05, 0) is 36.5 Å². The third kappa shape index (κ3) is 5.09. The van der Waals surface area contributed by atoms with Crippen LogP contribution in [0.1, 0.15) is 0 Å². The van der Waals surface area contributed by atoms with Gasteiger partial charge in [0.2, 0.25) is 0 Å². The summed E-state index contributed by atoms with van der Waals surface area (Å²) in [5, 5.41) is 26.9. The number of nitrogens with one attached hydrogen (secondary N) is 1. The molecule has 0 radical (unpaired) electrons. The Bertz CT molecular complexity index is 1760. The molecule has 0 unspecified atom stereocenters. The zero-order valence-corrected chi connectivity index (χ0v) is 23.2. The van der Waals surface area contributed by atoms with Crippen molar-refractivity contribution in [3.8, 4) is 45.2 Å². The zero-order chi connectivity index (χ0) is 27.6. The van der Waals surface area contributed by atoms with E-state index in [1.54, 1.807) is 9.36 Å². The Labute approximate surface area is 244 Å². The van der Waals surface area contributed by atoms with Crippen LogP contribution < -0.4 is 11.2 Å². The molecule has 40 heavy (non-hydrogen) atoms. The van der Waals surface area contributed by atoms with Gasteiger partial charge in [0.05, 0.1) is 17.0 Å². The molecule has 0 aliphatic carbocycles. The number of nitrogens with two attached hydrogens (primary N) is 1. The second-order valence-corrected chi connectivity index (χ2v) is 10.5. The summed E-state index contributed by atoms with van der Waals surface area (Å²) in [5.74, 6) is 0.989. The molecule has 0 saturated carbocycles. The van der Waals surface area contributed by atoms with Gasteiger partial charge in [-0.25, -0.2) is 14.4 Å². The first-order valence-electron chi connectivity index (χ1n) is 12.1. The van der Waals surface area contributed by atoms with Gasteiger partial charge in [-0.1, -0.05) is 84.0 Å². The van der Waals surface area contributed by atoms with Gasteiger partial charge in [0.25, 0.3) is 0 Å². The van der Waals surface area contributed by atoms with E-state index >= 15 is 0 Å². The van der Waals surface area contributed by atoms with Crippen LogP contribution in [0.2, 0.25) is 5.02 Å². The van der Waals surface area contributed by atoms with Crippen molar-refractivity contribution in [3.05, 3.63) is 96.1 Å². The predicted molar refractivity (Wildman–Crippen MR) is 165 cm³/mol. The van der Waals surface area contributed by atoms with E-state index < -0.39 is 0 Å². The molecule has 0 amide bonds. The predicted octanol–water partition coefficient (Wildman–Crippen LogP) is 5.53. The van der Waals surface area contributed by atoms with Crippen molar-refractivity contribution in [2.75, 3.05) is 5.75 Å². The van der Waals surface area contributed by atoms with Crippen molar-refractivity contribution in [1.82, 2.24) is 25.0 Å². The van der Waals surface area contributed by atoms with Crippen molar-refractivity contribution in [1.29, 1.82) is 0 Å². The number of halogens is 1. The monoisotopic (exact) mass is 584 g/mol. The average molecular weight is 585 g/mol. The van der Waals surface area contributed by atoms with Gasteiger partial charge in [-0.2, -0.15) is 15.3 Å². The number of aliphatic imine (C=N–C) groups is 1. The van der Waals surface area contributed by atoms with Crippen molar-refractivity contribution in [2.24, 2.45) is 15.8 Å². The Balaban J connectivity index is 1.55. The number of hydrogen-bond donors (Lipinski definition) is 3. The third-order valence-electron chi connectivity index (χ3n) is 6.05. The molecule has 4 N–H and O–H groups in total. The van der Waals surface area contributed by atoms with Crippen LogP contribution in [0.15, 0.2) is 101 Å². The minimum atomic E-state index is 0.00368. The summed E-state index contributed by atoms with van der Waals surface area (Å²) in [6.45, 7) is 0. The van der Waals surface area contributed by atoms with Gasteiger partial charge < -0.3 is 10.8 Å². The van der Waals surface area contributed by atoms with Gasteiger partial charge >= 0.3 is 0 Å². The summed E-state index contributed by atoms with van der Waals surface area (Å²) in [4.78, 5) is 4.61. The third-order valence-corrected chi connectivity index (χ3v) is 7.32. The van der Waals surface area contributed by atoms with Crippen LogP contribution in [0.25, 0.3) is 39.5 Å². The highest BCUT2D eigenvalue weighted by atomic mass is 35.5. The van der Waals surface area contributed by atoms with E-state index in [4.69, 9.17) is 39.7 Å². The highest BCUT2D eigenvalue weighted by Crippen LogP contribution is 2.42. The number of hydrogen-bond acceptors (Lipinski definition) is 6. The Morgan fingerprint density at radius 3 is 2.35 bits per heavy atom. The lowest BCUT2D eigenvalue weighted by molar-refractivity contribution is 0.479. The lowest BCUT2D eigenvalue weighted by Crippen LogP contribution is -2.25. The fourth-order valence-corrected chi connectivity index (χ4v) is 5.24. The number of amidine groups is 1. The van der Waals surface area contributed by atoms with Gasteiger partial charge in [-0.3, -0.25) is 5.43 Å². The number of aromatic nitrogens is 4. The van der Waals surface area contributed by atoms with E-state index in [1.165, 1.54) is 11.8 Å². The molecule has 1 aliphatic heterocycles. The van der Waals surface area contributed by atoms with E-state index in [9.17, 15) is 5.11 Å². The number of benzene rings is 3. The summed E-state index contributed by atoms with van der Waals surface area (Å²) in [5.41, 5.74) is 12.7. The number of thiocarbonyl (C=S) groups is 1. The number of nitrogens with zero attached hydrogens (tertiary/aromatic N) is 6. The van der Waals surface area contributed by atoms with E-state index in [1.807, 2.05) is 91.1 Å². The van der Waals surface area contributed by atoms with Crippen LogP contribution in [-0.4, -0.2) is 46.5 Å². The fourth-order valence-electron chi connectivity index (χ4n) is 4.26. The highest BCUT2D eigenvalue weighted by Gasteiger charge is 2.28. The number of para-hydroxylation sites is 1. The van der Waals surface area contributed by atoms with Crippen molar-refractivity contribution in [3.63, 3.8) is 0 Å². The van der Waals surface area contributed by atoms with E-state index in [2.05, 4.69) is 15.5 Å². The zero-order valence-electron chi connectivity index (χ0n) is 20.8. The Hall–Kier alpha value is -4.45. The quantitative estimate of drug-likeness (QED) is 0.184. The second kappa shape index (κ2) is 11.0. The van der Waals surface area contributed by atoms with Crippen LogP contribution in [0.4, 0.5) is 0 Å². The molecular weight excluding hydrogens is 564 g/mol. The van der Waals surface area contributed by atoms with Crippen LogP contribution in [-0.2, 0) is 0 Å². The van der Waals surface area contributed by atoms with Crippen molar-refractivity contribution >= 4 is 51.7 Å². The summed E-state index contributed by atoms with van der Waals surface area (Å²) in [6, 6.07) is 26.7. The molecule has 198 valence electrons. The summed E-state index contributed by atoms with van der Waals surface area (Å²) in [7, 11) is 0. The standard InChI is InChI=1S/C28H21ClN8OS2/c29-19-13-11-17(12-14-19)23-21(15-36(34-23)20-9-5-2-6-10-20)24-26(38)25(18-7-3-1-4-8-18)37(35-24)28-31-22(16-40-28)32-33-27(30)39/h1-15,38H,16H2,(H3,30,33,39)/b32-22+.